The average Bonchev–Trinajstić information content (AvgIpc) is 3.85. The van der Waals surface area contributed by atoms with Gasteiger partial charge in [-0.2, -0.15) is 0 Å². The fraction of sp³-hybridized carbons (Fsp3) is 0. The molecule has 4 heterocycles. The Morgan fingerprint density at radius 2 is 0.929 bits per heavy atom. The zero-order valence-electron chi connectivity index (χ0n) is 29.8. The largest absolute Gasteiger partial charge is 0.455 e. The van der Waals surface area contributed by atoms with E-state index in [9.17, 15) is 0 Å². The molecule has 0 fully saturated rings. The highest BCUT2D eigenvalue weighted by Gasteiger charge is 2.21. The Morgan fingerprint density at radius 1 is 0.375 bits per heavy atom. The molecule has 0 saturated carbocycles. The van der Waals surface area contributed by atoms with E-state index in [4.69, 9.17) is 29.3 Å². The normalized spacial score (nSPS) is 11.6. The summed E-state index contributed by atoms with van der Waals surface area (Å²) in [5.74, 6) is 2.44. The highest BCUT2D eigenvalue weighted by atomic mass is 32.1. The Labute approximate surface area is 325 Å². The van der Waals surface area contributed by atoms with Gasteiger partial charge in [0.2, 0.25) is 0 Å². The van der Waals surface area contributed by atoms with Crippen molar-refractivity contribution in [1.82, 2.24) is 24.9 Å². The molecule has 4 aromatic heterocycles. The van der Waals surface area contributed by atoms with E-state index in [1.165, 1.54) is 10.3 Å². The van der Waals surface area contributed by atoms with Crippen LogP contribution in [0.2, 0.25) is 0 Å². The zero-order valence-corrected chi connectivity index (χ0v) is 30.6. The summed E-state index contributed by atoms with van der Waals surface area (Å²) in [6.45, 7) is 0. The second kappa shape index (κ2) is 13.2. The van der Waals surface area contributed by atoms with E-state index in [1.54, 1.807) is 11.3 Å². The summed E-state index contributed by atoms with van der Waals surface area (Å²) in [5, 5.41) is 3.04. The van der Waals surface area contributed by atoms with E-state index in [0.717, 1.165) is 76.6 Å². The molecule has 0 aliphatic heterocycles. The lowest BCUT2D eigenvalue weighted by Gasteiger charge is -2.09. The van der Waals surface area contributed by atoms with E-state index in [0.29, 0.717) is 23.3 Å². The predicted octanol–water partition coefficient (Wildman–Crippen LogP) is 12.9. The van der Waals surface area contributed by atoms with Gasteiger partial charge in [0.1, 0.15) is 11.2 Å². The third-order valence-electron chi connectivity index (χ3n) is 10.2. The van der Waals surface area contributed by atoms with Gasteiger partial charge in [-0.25, -0.2) is 24.9 Å². The molecule has 7 aromatic carbocycles. The summed E-state index contributed by atoms with van der Waals surface area (Å²) < 4.78 is 8.91. The molecule has 0 unspecified atom stereocenters. The van der Waals surface area contributed by atoms with Crippen LogP contribution in [0.3, 0.4) is 0 Å². The minimum atomic E-state index is 0.589. The van der Waals surface area contributed by atoms with E-state index in [2.05, 4.69) is 91.0 Å². The first-order chi connectivity index (χ1) is 27.7. The van der Waals surface area contributed by atoms with Crippen LogP contribution in [0.5, 0.6) is 0 Å². The number of hydrogen-bond acceptors (Lipinski definition) is 7. The molecule has 0 aliphatic carbocycles. The predicted molar refractivity (Wildman–Crippen MR) is 228 cm³/mol. The molecule has 0 bridgehead atoms. The maximum absolute atomic E-state index is 6.68. The van der Waals surface area contributed by atoms with Crippen molar-refractivity contribution in [3.63, 3.8) is 0 Å². The van der Waals surface area contributed by atoms with Gasteiger partial charge in [0.15, 0.2) is 23.3 Å². The number of thiophene rings is 1. The Hall–Kier alpha value is -7.35. The minimum absolute atomic E-state index is 0.589. The Balaban J connectivity index is 1.07. The molecule has 11 rings (SSSR count). The maximum Gasteiger partial charge on any atom is 0.164 e. The van der Waals surface area contributed by atoms with Gasteiger partial charge < -0.3 is 4.42 Å². The SMILES string of the molecule is c1ccc(-c2ccc(-c3nc(-c4cccc5c4oc4ccc(-c6nc(-c7ccccc7)nc(-c7ccccc7)n6)cc45)nc4c3sc3ccccc34)cc2)cc1. The topological polar surface area (TPSA) is 77.6 Å². The lowest BCUT2D eigenvalue weighted by Crippen LogP contribution is -2.00. The van der Waals surface area contributed by atoms with Crippen molar-refractivity contribution in [2.45, 2.75) is 0 Å². The van der Waals surface area contributed by atoms with Gasteiger partial charge in [0, 0.05) is 43.1 Å². The molecule has 11 aromatic rings. The summed E-state index contributed by atoms with van der Waals surface area (Å²) in [7, 11) is 0. The molecule has 0 atom stereocenters. The average molecular weight is 736 g/mol. The number of hydrogen-bond donors (Lipinski definition) is 0. The van der Waals surface area contributed by atoms with Crippen molar-refractivity contribution in [3.05, 3.63) is 176 Å². The lowest BCUT2D eigenvalue weighted by atomic mass is 10.0. The summed E-state index contributed by atoms with van der Waals surface area (Å²) in [4.78, 5) is 25.4. The second-order valence-corrected chi connectivity index (χ2v) is 14.7. The van der Waals surface area contributed by atoms with Crippen molar-refractivity contribution in [1.29, 1.82) is 0 Å². The van der Waals surface area contributed by atoms with E-state index in [-0.39, 0.29) is 0 Å². The molecular formula is C49H29N5OS. The van der Waals surface area contributed by atoms with Crippen LogP contribution in [0.25, 0.3) is 110 Å². The van der Waals surface area contributed by atoms with Crippen molar-refractivity contribution >= 4 is 53.6 Å². The van der Waals surface area contributed by atoms with Crippen molar-refractivity contribution in [3.8, 4) is 67.9 Å². The number of para-hydroxylation sites is 1. The van der Waals surface area contributed by atoms with Crippen LogP contribution in [0, 0.1) is 0 Å². The standard InChI is InChI=1S/C49H29N5OS/c1-4-13-30(14-5-1)31-23-25-32(26-24-31)42-45-43(37-19-10-11-22-41(37)56-45)51-49(50-42)38-21-12-20-36-39-29-35(27-28-40(39)55-44(36)38)48-53-46(33-15-6-2-7-16-33)52-47(54-48)34-17-8-3-9-18-34/h1-29H. The van der Waals surface area contributed by atoms with Crippen LogP contribution < -0.4 is 0 Å². The van der Waals surface area contributed by atoms with Gasteiger partial charge in [0.25, 0.3) is 0 Å². The van der Waals surface area contributed by atoms with Crippen LogP contribution >= 0.6 is 11.3 Å². The molecular weight excluding hydrogens is 707 g/mol. The smallest absolute Gasteiger partial charge is 0.164 e. The molecule has 7 heteroatoms. The number of nitrogens with zero attached hydrogens (tertiary/aromatic N) is 5. The third kappa shape index (κ3) is 5.52. The van der Waals surface area contributed by atoms with Crippen LogP contribution in [0.4, 0.5) is 0 Å². The van der Waals surface area contributed by atoms with Gasteiger partial charge in [-0.15, -0.1) is 11.3 Å². The van der Waals surface area contributed by atoms with Crippen LogP contribution in [-0.2, 0) is 0 Å². The molecule has 56 heavy (non-hydrogen) atoms. The van der Waals surface area contributed by atoms with E-state index in [1.807, 2.05) is 84.9 Å². The zero-order chi connectivity index (χ0) is 37.0. The Morgan fingerprint density at radius 3 is 1.62 bits per heavy atom. The van der Waals surface area contributed by atoms with Gasteiger partial charge in [-0.3, -0.25) is 0 Å². The number of furan rings is 1. The number of rotatable bonds is 6. The molecule has 0 amide bonds. The van der Waals surface area contributed by atoms with Crippen LogP contribution in [0.1, 0.15) is 0 Å². The molecule has 0 N–H and O–H groups in total. The quantitative estimate of drug-likeness (QED) is 0.169. The van der Waals surface area contributed by atoms with Crippen molar-refractivity contribution < 1.29 is 4.42 Å². The van der Waals surface area contributed by atoms with Crippen LogP contribution in [0.15, 0.2) is 180 Å². The summed E-state index contributed by atoms with van der Waals surface area (Å²) in [6.07, 6.45) is 0. The summed E-state index contributed by atoms with van der Waals surface area (Å²) >= 11 is 1.73. The first-order valence-electron chi connectivity index (χ1n) is 18.4. The van der Waals surface area contributed by atoms with Gasteiger partial charge in [0.05, 0.1) is 21.5 Å². The minimum Gasteiger partial charge on any atom is -0.455 e. The fourth-order valence-corrected chi connectivity index (χ4v) is 8.56. The second-order valence-electron chi connectivity index (χ2n) is 13.6. The van der Waals surface area contributed by atoms with Gasteiger partial charge in [-0.05, 0) is 41.5 Å². The third-order valence-corrected chi connectivity index (χ3v) is 11.3. The van der Waals surface area contributed by atoms with Crippen LogP contribution in [-0.4, -0.2) is 24.9 Å². The van der Waals surface area contributed by atoms with E-state index < -0.39 is 0 Å². The molecule has 262 valence electrons. The molecule has 0 saturated heterocycles. The maximum atomic E-state index is 6.68. The fourth-order valence-electron chi connectivity index (χ4n) is 7.41. The summed E-state index contributed by atoms with van der Waals surface area (Å²) in [5.41, 5.74) is 10.3. The number of fused-ring (bicyclic) bond motifs is 6. The highest BCUT2D eigenvalue weighted by Crippen LogP contribution is 2.42. The van der Waals surface area contributed by atoms with Gasteiger partial charge in [-0.1, -0.05) is 146 Å². The van der Waals surface area contributed by atoms with Crippen molar-refractivity contribution in [2.24, 2.45) is 0 Å². The monoisotopic (exact) mass is 735 g/mol. The van der Waals surface area contributed by atoms with E-state index >= 15 is 0 Å². The van der Waals surface area contributed by atoms with Crippen molar-refractivity contribution in [2.75, 3.05) is 0 Å². The first kappa shape index (κ1) is 32.1. The Bertz CT molecular complexity index is 3180. The molecule has 0 spiro atoms. The lowest BCUT2D eigenvalue weighted by molar-refractivity contribution is 0.669. The molecule has 0 aliphatic rings. The molecule has 6 nitrogen and oxygen atoms in total. The summed E-state index contributed by atoms with van der Waals surface area (Å²) in [6, 6.07) is 59.9. The molecule has 0 radical (unpaired) electrons. The number of benzene rings is 7. The van der Waals surface area contributed by atoms with Gasteiger partial charge >= 0.3 is 0 Å². The highest BCUT2D eigenvalue weighted by molar-refractivity contribution is 7.26. The first-order valence-corrected chi connectivity index (χ1v) is 19.2. The number of aromatic nitrogens is 5. The Kier molecular flexibility index (Phi) is 7.57.